The van der Waals surface area contributed by atoms with Gasteiger partial charge in [0.2, 0.25) is 5.91 Å². The second kappa shape index (κ2) is 7.74. The maximum atomic E-state index is 13.1. The summed E-state index contributed by atoms with van der Waals surface area (Å²) in [6, 6.07) is 21.5. The number of benzene rings is 3. The zero-order chi connectivity index (χ0) is 19.4. The summed E-state index contributed by atoms with van der Waals surface area (Å²) in [5.74, 6) is -2.39. The number of carbonyl (C=O) groups is 2. The summed E-state index contributed by atoms with van der Waals surface area (Å²) in [7, 11) is 0. The molecule has 3 aromatic rings. The lowest BCUT2D eigenvalue weighted by atomic mass is 9.90. The van der Waals surface area contributed by atoms with Crippen LogP contribution in [0.2, 0.25) is 0 Å². The predicted octanol–water partition coefficient (Wildman–Crippen LogP) is 4.17. The first-order chi connectivity index (χ1) is 13.0. The van der Waals surface area contributed by atoms with Crippen molar-refractivity contribution in [3.8, 4) is 5.75 Å². The van der Waals surface area contributed by atoms with Crippen LogP contribution in [0, 0.1) is 6.92 Å². The summed E-state index contributed by atoms with van der Waals surface area (Å²) in [6.45, 7) is 1.59. The Morgan fingerprint density at radius 1 is 0.889 bits per heavy atom. The lowest BCUT2D eigenvalue weighted by Gasteiger charge is -2.18. The summed E-state index contributed by atoms with van der Waals surface area (Å²) in [4.78, 5) is 24.4. The molecule has 0 bridgehead atoms. The van der Waals surface area contributed by atoms with Gasteiger partial charge in [0.15, 0.2) is 0 Å². The van der Waals surface area contributed by atoms with Crippen LogP contribution in [0.15, 0.2) is 72.8 Å². The number of carboxylic acids is 1. The van der Waals surface area contributed by atoms with Gasteiger partial charge < -0.3 is 15.5 Å². The van der Waals surface area contributed by atoms with E-state index >= 15 is 0 Å². The number of aryl methyl sites for hydroxylation is 1. The van der Waals surface area contributed by atoms with Gasteiger partial charge in [0.25, 0.3) is 0 Å². The minimum Gasteiger partial charge on any atom is -0.507 e. The van der Waals surface area contributed by atoms with Gasteiger partial charge in [-0.2, -0.15) is 0 Å². The molecule has 5 heteroatoms. The highest BCUT2D eigenvalue weighted by atomic mass is 16.4. The van der Waals surface area contributed by atoms with Crippen molar-refractivity contribution in [2.75, 3.05) is 5.32 Å². The second-order valence-electron chi connectivity index (χ2n) is 6.24. The van der Waals surface area contributed by atoms with Gasteiger partial charge in [0, 0.05) is 5.69 Å². The molecule has 0 aromatic heterocycles. The van der Waals surface area contributed by atoms with Crippen LogP contribution in [0.5, 0.6) is 5.75 Å². The van der Waals surface area contributed by atoms with Gasteiger partial charge in [0.05, 0.1) is 5.92 Å². The maximum Gasteiger partial charge on any atom is 0.339 e. The standard InChI is InChI=1S/C22H19NO4/c1-14-12-17(13-18(20(14)24)22(26)27)23-21(25)19(15-8-4-2-5-9-15)16-10-6-3-7-11-16/h2-13,19,24H,1H3,(H,23,25)(H,26,27). The number of aromatic hydroxyl groups is 1. The highest BCUT2D eigenvalue weighted by Gasteiger charge is 2.23. The first kappa shape index (κ1) is 18.2. The Labute approximate surface area is 156 Å². The molecule has 5 nitrogen and oxygen atoms in total. The second-order valence-corrected chi connectivity index (χ2v) is 6.24. The highest BCUT2D eigenvalue weighted by molar-refractivity contribution is 6.00. The van der Waals surface area contributed by atoms with Crippen molar-refractivity contribution in [1.29, 1.82) is 0 Å². The van der Waals surface area contributed by atoms with Gasteiger partial charge >= 0.3 is 5.97 Å². The molecule has 0 saturated carbocycles. The van der Waals surface area contributed by atoms with E-state index in [1.807, 2.05) is 60.7 Å². The van der Waals surface area contributed by atoms with Gasteiger partial charge in [-0.1, -0.05) is 60.7 Å². The van der Waals surface area contributed by atoms with Crippen LogP contribution in [0.3, 0.4) is 0 Å². The number of aromatic carboxylic acids is 1. The Morgan fingerprint density at radius 2 is 1.41 bits per heavy atom. The fraction of sp³-hybridized carbons (Fsp3) is 0.0909. The van der Waals surface area contributed by atoms with Crippen molar-refractivity contribution in [2.45, 2.75) is 12.8 Å². The van der Waals surface area contributed by atoms with E-state index in [0.29, 0.717) is 11.3 Å². The fourth-order valence-electron chi connectivity index (χ4n) is 3.02. The number of amides is 1. The number of phenols is 1. The molecule has 0 saturated heterocycles. The van der Waals surface area contributed by atoms with E-state index in [0.717, 1.165) is 11.1 Å². The predicted molar refractivity (Wildman–Crippen MR) is 103 cm³/mol. The molecule has 0 aliphatic rings. The molecule has 3 N–H and O–H groups in total. The molecule has 0 heterocycles. The van der Waals surface area contributed by atoms with Crippen LogP contribution in [-0.4, -0.2) is 22.1 Å². The molecule has 136 valence electrons. The van der Waals surface area contributed by atoms with Crippen molar-refractivity contribution in [2.24, 2.45) is 0 Å². The van der Waals surface area contributed by atoms with Gasteiger partial charge in [-0.25, -0.2) is 4.79 Å². The minimum absolute atomic E-state index is 0.249. The number of rotatable bonds is 5. The molecule has 0 fully saturated rings. The van der Waals surface area contributed by atoms with E-state index in [9.17, 15) is 19.8 Å². The van der Waals surface area contributed by atoms with E-state index < -0.39 is 11.9 Å². The van der Waals surface area contributed by atoms with Crippen molar-refractivity contribution >= 4 is 17.6 Å². The third-order valence-electron chi connectivity index (χ3n) is 4.33. The van der Waals surface area contributed by atoms with Crippen LogP contribution in [-0.2, 0) is 4.79 Å². The molecule has 1 amide bonds. The van der Waals surface area contributed by atoms with E-state index in [2.05, 4.69) is 5.32 Å². The fourth-order valence-corrected chi connectivity index (χ4v) is 3.02. The van der Waals surface area contributed by atoms with Gasteiger partial charge in [-0.05, 0) is 35.7 Å². The van der Waals surface area contributed by atoms with Crippen LogP contribution >= 0.6 is 0 Å². The van der Waals surface area contributed by atoms with Crippen molar-refractivity contribution in [1.82, 2.24) is 0 Å². The number of hydrogen-bond donors (Lipinski definition) is 3. The normalized spacial score (nSPS) is 10.6. The molecule has 3 aromatic carbocycles. The van der Waals surface area contributed by atoms with E-state index in [-0.39, 0.29) is 17.2 Å². The lowest BCUT2D eigenvalue weighted by Crippen LogP contribution is -2.22. The molecule has 3 rings (SSSR count). The molecule has 0 aliphatic heterocycles. The number of hydrogen-bond acceptors (Lipinski definition) is 3. The molecule has 0 spiro atoms. The molecule has 0 radical (unpaired) electrons. The average Bonchev–Trinajstić information content (AvgIpc) is 2.66. The highest BCUT2D eigenvalue weighted by Crippen LogP contribution is 2.29. The SMILES string of the molecule is Cc1cc(NC(=O)C(c2ccccc2)c2ccccc2)cc(C(=O)O)c1O. The topological polar surface area (TPSA) is 86.6 Å². The Hall–Kier alpha value is -3.60. The molecule has 0 aliphatic carbocycles. The minimum atomic E-state index is -1.26. The Bertz CT molecular complexity index is 929. The van der Waals surface area contributed by atoms with Gasteiger partial charge in [0.1, 0.15) is 11.3 Å². The number of anilines is 1. The Morgan fingerprint density at radius 3 is 1.89 bits per heavy atom. The smallest absolute Gasteiger partial charge is 0.339 e. The summed E-state index contributed by atoms with van der Waals surface area (Å²) < 4.78 is 0. The average molecular weight is 361 g/mol. The van der Waals surface area contributed by atoms with Crippen molar-refractivity contribution < 1.29 is 19.8 Å². The zero-order valence-corrected chi connectivity index (χ0v) is 14.7. The van der Waals surface area contributed by atoms with Crippen molar-refractivity contribution in [3.63, 3.8) is 0 Å². The number of nitrogens with one attached hydrogen (secondary N) is 1. The molecular formula is C22H19NO4. The van der Waals surface area contributed by atoms with Gasteiger partial charge in [-0.15, -0.1) is 0 Å². The van der Waals surface area contributed by atoms with Crippen LogP contribution in [0.4, 0.5) is 5.69 Å². The Kier molecular flexibility index (Phi) is 5.22. The third-order valence-corrected chi connectivity index (χ3v) is 4.33. The molecular weight excluding hydrogens is 342 g/mol. The molecule has 0 atom stereocenters. The maximum absolute atomic E-state index is 13.1. The van der Waals surface area contributed by atoms with Crippen LogP contribution in [0.25, 0.3) is 0 Å². The van der Waals surface area contributed by atoms with Crippen LogP contribution in [0.1, 0.15) is 33.0 Å². The monoisotopic (exact) mass is 361 g/mol. The summed E-state index contributed by atoms with van der Waals surface area (Å²) in [5, 5.41) is 21.9. The third kappa shape index (κ3) is 3.98. The van der Waals surface area contributed by atoms with E-state index in [4.69, 9.17) is 0 Å². The summed E-state index contributed by atoms with van der Waals surface area (Å²) in [5.41, 5.74) is 2.11. The summed E-state index contributed by atoms with van der Waals surface area (Å²) >= 11 is 0. The number of carbonyl (C=O) groups excluding carboxylic acids is 1. The lowest BCUT2D eigenvalue weighted by molar-refractivity contribution is -0.116. The van der Waals surface area contributed by atoms with Crippen LogP contribution < -0.4 is 5.32 Å². The first-order valence-corrected chi connectivity index (χ1v) is 8.45. The van der Waals surface area contributed by atoms with E-state index in [1.165, 1.54) is 6.07 Å². The quantitative estimate of drug-likeness (QED) is 0.595. The van der Waals surface area contributed by atoms with Gasteiger partial charge in [-0.3, -0.25) is 4.79 Å². The first-order valence-electron chi connectivity index (χ1n) is 8.45. The number of carboxylic acid groups (broad SMARTS) is 1. The van der Waals surface area contributed by atoms with Crippen molar-refractivity contribution in [3.05, 3.63) is 95.1 Å². The largest absolute Gasteiger partial charge is 0.507 e. The Balaban J connectivity index is 1.98. The summed E-state index contributed by atoms with van der Waals surface area (Å²) in [6.07, 6.45) is 0. The zero-order valence-electron chi connectivity index (χ0n) is 14.7. The van der Waals surface area contributed by atoms with E-state index in [1.54, 1.807) is 13.0 Å². The molecule has 0 unspecified atom stereocenters. The molecule has 27 heavy (non-hydrogen) atoms.